The van der Waals surface area contributed by atoms with E-state index in [1.54, 1.807) is 39.0 Å². The molecule has 0 aliphatic rings. The molecule has 1 aromatic carbocycles. The van der Waals surface area contributed by atoms with Crippen LogP contribution < -0.4 is 10.6 Å². The fourth-order valence-electron chi connectivity index (χ4n) is 2.82. The molecule has 0 unspecified atom stereocenters. The van der Waals surface area contributed by atoms with Crippen LogP contribution in [0.25, 0.3) is 10.9 Å². The lowest BCUT2D eigenvalue weighted by atomic mass is 10.1. The molecule has 0 spiro atoms. The Kier molecular flexibility index (Phi) is 8.07. The van der Waals surface area contributed by atoms with Crippen LogP contribution in [0, 0.1) is 10.1 Å². The van der Waals surface area contributed by atoms with E-state index in [1.165, 1.54) is 6.20 Å². The maximum Gasteiger partial charge on any atom is 0.407 e. The Labute approximate surface area is 196 Å². The van der Waals surface area contributed by atoms with Crippen LogP contribution in [0.4, 0.5) is 16.2 Å². The SMILES string of the molecule is CC(C)(C)OC(=O)NC[C@@H](CO[Si](C)(C)C(C)(C)C)Nc1c([N+](=O)[O-])cnc2ccccc12. The number of nitro groups is 1. The van der Waals surface area contributed by atoms with Crippen molar-refractivity contribution in [3.8, 4) is 0 Å². The Morgan fingerprint density at radius 2 is 1.82 bits per heavy atom. The van der Waals surface area contributed by atoms with Gasteiger partial charge in [-0.15, -0.1) is 0 Å². The molecule has 1 heterocycles. The van der Waals surface area contributed by atoms with E-state index in [1.807, 2.05) is 6.07 Å². The van der Waals surface area contributed by atoms with Gasteiger partial charge in [0.25, 0.3) is 0 Å². The Morgan fingerprint density at radius 1 is 1.18 bits per heavy atom. The fourth-order valence-corrected chi connectivity index (χ4v) is 3.87. The molecule has 0 bridgehead atoms. The number of aromatic nitrogens is 1. The zero-order valence-corrected chi connectivity index (χ0v) is 21.8. The molecular weight excluding hydrogens is 440 g/mol. The third-order valence-corrected chi connectivity index (χ3v) is 10.1. The van der Waals surface area contributed by atoms with Gasteiger partial charge in [0.05, 0.1) is 23.1 Å². The average molecular weight is 477 g/mol. The van der Waals surface area contributed by atoms with E-state index in [-0.39, 0.29) is 23.9 Å². The Bertz CT molecular complexity index is 998. The van der Waals surface area contributed by atoms with Crippen LogP contribution in [0.1, 0.15) is 41.5 Å². The van der Waals surface area contributed by atoms with Crippen molar-refractivity contribution in [3.05, 3.63) is 40.6 Å². The van der Waals surface area contributed by atoms with Crippen molar-refractivity contribution in [2.75, 3.05) is 18.5 Å². The molecule has 1 aromatic heterocycles. The van der Waals surface area contributed by atoms with Gasteiger partial charge in [0, 0.05) is 11.9 Å². The molecule has 0 aliphatic heterocycles. The lowest BCUT2D eigenvalue weighted by Crippen LogP contribution is -2.47. The molecule has 0 radical (unpaired) electrons. The van der Waals surface area contributed by atoms with Gasteiger partial charge in [-0.1, -0.05) is 39.0 Å². The second kappa shape index (κ2) is 10.0. The van der Waals surface area contributed by atoms with Crippen molar-refractivity contribution in [1.29, 1.82) is 0 Å². The van der Waals surface area contributed by atoms with E-state index in [0.717, 1.165) is 0 Å². The number of hydrogen-bond acceptors (Lipinski definition) is 7. The standard InChI is InChI=1S/C23H36N4O5Si/c1-22(2,3)32-21(28)25-13-16(15-31-33(7,8)23(4,5)6)26-20-17-11-9-10-12-18(17)24-14-19(20)27(29)30/h9-12,14,16H,13,15H2,1-8H3,(H,24,26)(H,25,28)/t16-/m0/s1. The molecule has 0 aliphatic carbocycles. The molecule has 2 rings (SSSR count). The maximum absolute atomic E-state index is 12.3. The number of para-hydroxylation sites is 1. The summed E-state index contributed by atoms with van der Waals surface area (Å²) < 4.78 is 11.7. The molecule has 0 saturated carbocycles. The zero-order valence-electron chi connectivity index (χ0n) is 20.8. The van der Waals surface area contributed by atoms with Crippen molar-refractivity contribution >= 4 is 36.7 Å². The Morgan fingerprint density at radius 3 is 2.39 bits per heavy atom. The first-order valence-corrected chi connectivity index (χ1v) is 13.9. The molecule has 10 heteroatoms. The van der Waals surface area contributed by atoms with E-state index in [9.17, 15) is 14.9 Å². The first kappa shape index (κ1) is 26.5. The van der Waals surface area contributed by atoms with Crippen molar-refractivity contribution in [2.45, 2.75) is 71.3 Å². The predicted molar refractivity (Wildman–Crippen MR) is 133 cm³/mol. The highest BCUT2D eigenvalue weighted by Crippen LogP contribution is 2.37. The van der Waals surface area contributed by atoms with Crippen LogP contribution in [0.3, 0.4) is 0 Å². The Balaban J connectivity index is 2.34. The molecule has 9 nitrogen and oxygen atoms in total. The van der Waals surface area contributed by atoms with Crippen molar-refractivity contribution in [1.82, 2.24) is 10.3 Å². The number of ether oxygens (including phenoxy) is 1. The number of rotatable bonds is 8. The van der Waals surface area contributed by atoms with E-state index in [2.05, 4.69) is 49.5 Å². The predicted octanol–water partition coefficient (Wildman–Crippen LogP) is 5.47. The topological polar surface area (TPSA) is 116 Å². The van der Waals surface area contributed by atoms with Crippen LogP contribution in [-0.4, -0.2) is 49.1 Å². The minimum Gasteiger partial charge on any atom is -0.444 e. The number of hydrogen-bond donors (Lipinski definition) is 2. The highest BCUT2D eigenvalue weighted by atomic mass is 28.4. The number of anilines is 1. The summed E-state index contributed by atoms with van der Waals surface area (Å²) in [6.07, 6.45) is 0.688. The van der Waals surface area contributed by atoms with Gasteiger partial charge in [-0.2, -0.15) is 0 Å². The van der Waals surface area contributed by atoms with Crippen LogP contribution in [0.15, 0.2) is 30.5 Å². The zero-order chi connectivity index (χ0) is 25.0. The summed E-state index contributed by atoms with van der Waals surface area (Å²) in [5.74, 6) is 0. The van der Waals surface area contributed by atoms with Crippen LogP contribution in [-0.2, 0) is 9.16 Å². The monoisotopic (exact) mass is 476 g/mol. The first-order valence-electron chi connectivity index (χ1n) is 11.0. The summed E-state index contributed by atoms with van der Waals surface area (Å²) in [6.45, 7) is 16.5. The molecule has 2 N–H and O–H groups in total. The largest absolute Gasteiger partial charge is 0.444 e. The normalized spacial score (nSPS) is 13.5. The number of alkyl carbamates (subject to hydrolysis) is 1. The highest BCUT2D eigenvalue weighted by molar-refractivity contribution is 6.74. The van der Waals surface area contributed by atoms with Crippen LogP contribution in [0.2, 0.25) is 18.1 Å². The lowest BCUT2D eigenvalue weighted by Gasteiger charge is -2.37. The average Bonchev–Trinajstić information content (AvgIpc) is 2.67. The summed E-state index contributed by atoms with van der Waals surface area (Å²) >= 11 is 0. The molecule has 1 atom stereocenters. The second-order valence-electron chi connectivity index (χ2n) is 10.6. The lowest BCUT2D eigenvalue weighted by molar-refractivity contribution is -0.384. The summed E-state index contributed by atoms with van der Waals surface area (Å²) in [6, 6.07) is 6.78. The number of carbonyl (C=O) groups is 1. The smallest absolute Gasteiger partial charge is 0.407 e. The summed E-state index contributed by atoms with van der Waals surface area (Å²) in [5, 5.41) is 18.4. The molecular formula is C23H36N4O5Si. The first-order chi connectivity index (χ1) is 15.1. The van der Waals surface area contributed by atoms with Crippen molar-refractivity contribution < 1.29 is 18.9 Å². The van der Waals surface area contributed by atoms with Crippen LogP contribution in [0.5, 0.6) is 0 Å². The van der Waals surface area contributed by atoms with Gasteiger partial charge in [-0.3, -0.25) is 10.1 Å². The highest BCUT2D eigenvalue weighted by Gasteiger charge is 2.38. The molecule has 0 saturated heterocycles. The summed E-state index contributed by atoms with van der Waals surface area (Å²) in [4.78, 5) is 27.7. The number of fused-ring (bicyclic) bond motifs is 1. The minimum absolute atomic E-state index is 0.00843. The summed E-state index contributed by atoms with van der Waals surface area (Å²) in [5.41, 5.74) is 0.212. The molecule has 182 valence electrons. The molecule has 2 aromatic rings. The number of amides is 1. The van der Waals surface area contributed by atoms with Gasteiger partial charge in [-0.25, -0.2) is 9.78 Å². The van der Waals surface area contributed by atoms with Gasteiger partial charge in [0.2, 0.25) is 0 Å². The maximum atomic E-state index is 12.3. The minimum atomic E-state index is -2.10. The van der Waals surface area contributed by atoms with E-state index in [0.29, 0.717) is 16.6 Å². The Hall–Kier alpha value is -2.72. The number of nitrogens with zero attached hydrogens (tertiary/aromatic N) is 2. The molecule has 33 heavy (non-hydrogen) atoms. The van der Waals surface area contributed by atoms with Gasteiger partial charge >= 0.3 is 11.8 Å². The van der Waals surface area contributed by atoms with Crippen molar-refractivity contribution in [3.63, 3.8) is 0 Å². The van der Waals surface area contributed by atoms with Gasteiger partial charge < -0.3 is 19.8 Å². The summed E-state index contributed by atoms with van der Waals surface area (Å²) in [7, 11) is -2.10. The molecule has 0 fully saturated rings. The van der Waals surface area contributed by atoms with Crippen LogP contribution >= 0.6 is 0 Å². The second-order valence-corrected chi connectivity index (χ2v) is 15.4. The quantitative estimate of drug-likeness (QED) is 0.295. The number of nitrogens with one attached hydrogen (secondary N) is 2. The van der Waals surface area contributed by atoms with Gasteiger partial charge in [0.15, 0.2) is 8.32 Å². The number of carbonyl (C=O) groups excluding carboxylic acids is 1. The molecule has 1 amide bonds. The fraction of sp³-hybridized carbons (Fsp3) is 0.565. The third kappa shape index (κ3) is 7.39. The van der Waals surface area contributed by atoms with Gasteiger partial charge in [-0.05, 0) is 45.0 Å². The van der Waals surface area contributed by atoms with Crippen molar-refractivity contribution in [2.24, 2.45) is 0 Å². The number of pyridine rings is 1. The van der Waals surface area contributed by atoms with E-state index < -0.39 is 31.0 Å². The van der Waals surface area contributed by atoms with Gasteiger partial charge in [0.1, 0.15) is 17.5 Å². The number of benzene rings is 1. The van der Waals surface area contributed by atoms with E-state index >= 15 is 0 Å². The van der Waals surface area contributed by atoms with E-state index in [4.69, 9.17) is 9.16 Å². The third-order valence-electron chi connectivity index (χ3n) is 5.64.